The van der Waals surface area contributed by atoms with E-state index >= 15 is 0 Å². The van der Waals surface area contributed by atoms with Crippen molar-refractivity contribution < 1.29 is 14.3 Å². The highest BCUT2D eigenvalue weighted by atomic mass is 16.5. The van der Waals surface area contributed by atoms with E-state index in [2.05, 4.69) is 20.4 Å². The number of nitrogens with one attached hydrogen (secondary N) is 1. The maximum Gasteiger partial charge on any atom is 0.306 e. The molecular formula is C24H27N7O4. The molecule has 1 unspecified atom stereocenters. The molecule has 11 heteroatoms. The number of carbonyl (C=O) groups excluding carboxylic acids is 2. The zero-order valence-corrected chi connectivity index (χ0v) is 20.3. The molecule has 0 aliphatic rings. The van der Waals surface area contributed by atoms with Gasteiger partial charge in [0.25, 0.3) is 17.2 Å². The monoisotopic (exact) mass is 477 g/mol. The molecule has 0 saturated heterocycles. The number of benzene rings is 1. The average molecular weight is 478 g/mol. The van der Waals surface area contributed by atoms with E-state index in [4.69, 9.17) is 4.74 Å². The smallest absolute Gasteiger partial charge is 0.306 e. The van der Waals surface area contributed by atoms with Crippen molar-refractivity contribution in [3.63, 3.8) is 0 Å². The van der Waals surface area contributed by atoms with Gasteiger partial charge >= 0.3 is 5.97 Å². The molecule has 0 radical (unpaired) electrons. The van der Waals surface area contributed by atoms with Gasteiger partial charge in [0.1, 0.15) is 12.0 Å². The summed E-state index contributed by atoms with van der Waals surface area (Å²) in [6.45, 7) is 6.94. The molecule has 1 aromatic carbocycles. The van der Waals surface area contributed by atoms with E-state index < -0.39 is 18.0 Å². The summed E-state index contributed by atoms with van der Waals surface area (Å²) in [5.74, 6) is -0.613. The maximum atomic E-state index is 13.0. The summed E-state index contributed by atoms with van der Waals surface area (Å²) < 4.78 is 10.1. The lowest BCUT2D eigenvalue weighted by Crippen LogP contribution is -2.32. The van der Waals surface area contributed by atoms with Crippen LogP contribution in [0.1, 0.15) is 36.0 Å². The van der Waals surface area contributed by atoms with Crippen LogP contribution in [-0.4, -0.2) is 46.9 Å². The number of carbonyl (C=O) groups is 2. The van der Waals surface area contributed by atoms with Crippen LogP contribution in [0.15, 0.2) is 41.5 Å². The van der Waals surface area contributed by atoms with Gasteiger partial charge in [0, 0.05) is 24.9 Å². The molecule has 0 aliphatic heterocycles. The fourth-order valence-corrected chi connectivity index (χ4v) is 3.99. The van der Waals surface area contributed by atoms with Crippen LogP contribution in [0, 0.1) is 20.8 Å². The van der Waals surface area contributed by atoms with Crippen LogP contribution >= 0.6 is 0 Å². The third kappa shape index (κ3) is 4.57. The summed E-state index contributed by atoms with van der Waals surface area (Å²) in [6, 6.07) is 9.11. The first-order chi connectivity index (χ1) is 16.7. The van der Waals surface area contributed by atoms with E-state index in [0.29, 0.717) is 23.6 Å². The first-order valence-electron chi connectivity index (χ1n) is 11.2. The van der Waals surface area contributed by atoms with E-state index in [-0.39, 0.29) is 17.7 Å². The van der Waals surface area contributed by atoms with Crippen molar-refractivity contribution in [2.24, 2.45) is 7.05 Å². The predicted octanol–water partition coefficient (Wildman–Crippen LogP) is 2.04. The Bertz CT molecular complexity index is 1470. The van der Waals surface area contributed by atoms with Crippen LogP contribution in [-0.2, 0) is 27.8 Å². The summed E-state index contributed by atoms with van der Waals surface area (Å²) in [7, 11) is 1.73. The third-order valence-electron chi connectivity index (χ3n) is 6.05. The zero-order chi connectivity index (χ0) is 25.3. The van der Waals surface area contributed by atoms with Crippen molar-refractivity contribution >= 4 is 23.3 Å². The highest BCUT2D eigenvalue weighted by Crippen LogP contribution is 2.17. The molecular weight excluding hydrogens is 450 g/mol. The van der Waals surface area contributed by atoms with Crippen LogP contribution < -0.4 is 10.9 Å². The van der Waals surface area contributed by atoms with Gasteiger partial charge in [-0.15, -0.1) is 0 Å². The minimum atomic E-state index is -1.08. The molecule has 182 valence electrons. The zero-order valence-electron chi connectivity index (χ0n) is 20.3. The van der Waals surface area contributed by atoms with Gasteiger partial charge in [-0.25, -0.2) is 14.2 Å². The topological polar surface area (TPSA) is 125 Å². The minimum absolute atomic E-state index is 0.0619. The molecule has 0 bridgehead atoms. The molecule has 0 spiro atoms. The van der Waals surface area contributed by atoms with Gasteiger partial charge in [-0.2, -0.15) is 10.1 Å². The first-order valence-corrected chi connectivity index (χ1v) is 11.2. The molecule has 0 saturated carbocycles. The van der Waals surface area contributed by atoms with Gasteiger partial charge in [0.2, 0.25) is 0 Å². The first kappa shape index (κ1) is 23.9. The van der Waals surface area contributed by atoms with E-state index in [9.17, 15) is 14.4 Å². The number of fused-ring (bicyclic) bond motifs is 1. The second-order valence-corrected chi connectivity index (χ2v) is 8.29. The number of anilines is 1. The fraction of sp³-hybridized carbons (Fsp3) is 0.333. The minimum Gasteiger partial charge on any atom is -0.453 e. The molecule has 4 rings (SSSR count). The number of para-hydroxylation sites is 1. The van der Waals surface area contributed by atoms with E-state index in [1.807, 2.05) is 32.0 Å². The van der Waals surface area contributed by atoms with Crippen molar-refractivity contribution in [1.82, 2.24) is 28.9 Å². The highest BCUT2D eigenvalue weighted by molar-refractivity contribution is 5.95. The van der Waals surface area contributed by atoms with Crippen molar-refractivity contribution in [1.29, 1.82) is 0 Å². The Labute approximate surface area is 201 Å². The Morgan fingerprint density at radius 3 is 2.54 bits per heavy atom. The number of hydrogen-bond donors (Lipinski definition) is 1. The van der Waals surface area contributed by atoms with Crippen LogP contribution in [0.4, 0.5) is 5.69 Å². The second-order valence-electron chi connectivity index (χ2n) is 8.29. The summed E-state index contributed by atoms with van der Waals surface area (Å²) in [5.41, 5.74) is 3.50. The third-order valence-corrected chi connectivity index (χ3v) is 6.05. The van der Waals surface area contributed by atoms with Gasteiger partial charge in [0.05, 0.1) is 11.4 Å². The molecule has 1 amide bonds. The molecule has 1 atom stereocenters. The van der Waals surface area contributed by atoms with Crippen molar-refractivity contribution in [3.05, 3.63) is 69.7 Å². The largest absolute Gasteiger partial charge is 0.453 e. The normalized spacial score (nSPS) is 12.0. The number of ether oxygens (including phenoxy) is 1. The van der Waals surface area contributed by atoms with Crippen LogP contribution in [0.25, 0.3) is 11.5 Å². The molecule has 11 nitrogen and oxygen atoms in total. The quantitative estimate of drug-likeness (QED) is 0.404. The Morgan fingerprint density at radius 1 is 1.11 bits per heavy atom. The standard InChI is InChI=1S/C24H27N7O4/c1-14-19(15(2)30-24(27-14)25-13-26-30)11-12-20(32)35-17(4)22(33)28-21-16(3)29(5)31(23(21)34)18-9-7-6-8-10-18/h6-10,13,17H,11-12H2,1-5H3,(H,28,33). The van der Waals surface area contributed by atoms with Gasteiger partial charge in [0.15, 0.2) is 6.10 Å². The molecule has 4 aromatic rings. The summed E-state index contributed by atoms with van der Waals surface area (Å²) in [4.78, 5) is 46.7. The highest BCUT2D eigenvalue weighted by Gasteiger charge is 2.23. The van der Waals surface area contributed by atoms with Crippen LogP contribution in [0.2, 0.25) is 0 Å². The Hall–Kier alpha value is -4.28. The lowest BCUT2D eigenvalue weighted by atomic mass is 10.1. The van der Waals surface area contributed by atoms with Crippen LogP contribution in [0.5, 0.6) is 0 Å². The van der Waals surface area contributed by atoms with Gasteiger partial charge in [-0.1, -0.05) is 18.2 Å². The molecule has 3 aromatic heterocycles. The second kappa shape index (κ2) is 9.53. The SMILES string of the molecule is Cc1nc2ncnn2c(C)c1CCC(=O)OC(C)C(=O)Nc1c(C)n(C)n(-c2ccccc2)c1=O. The summed E-state index contributed by atoms with van der Waals surface area (Å²) in [5, 5.41) is 6.77. The van der Waals surface area contributed by atoms with Crippen molar-refractivity contribution in [3.8, 4) is 5.69 Å². The summed E-state index contributed by atoms with van der Waals surface area (Å²) in [6.07, 6.45) is 0.792. The fourth-order valence-electron chi connectivity index (χ4n) is 3.99. The van der Waals surface area contributed by atoms with E-state index in [0.717, 1.165) is 17.0 Å². The van der Waals surface area contributed by atoms with Gasteiger partial charge in [-0.3, -0.25) is 19.1 Å². The number of nitrogens with zero attached hydrogens (tertiary/aromatic N) is 6. The molecule has 0 aliphatic carbocycles. The maximum absolute atomic E-state index is 13.0. The van der Waals surface area contributed by atoms with Gasteiger partial charge in [-0.05, 0) is 51.8 Å². The van der Waals surface area contributed by atoms with Crippen LogP contribution in [0.3, 0.4) is 0 Å². The molecule has 3 heterocycles. The number of esters is 1. The molecule has 35 heavy (non-hydrogen) atoms. The predicted molar refractivity (Wildman–Crippen MR) is 129 cm³/mol. The molecule has 1 N–H and O–H groups in total. The average Bonchev–Trinajstić information content (AvgIpc) is 3.38. The number of amides is 1. The number of aryl methyl sites for hydroxylation is 2. The van der Waals surface area contributed by atoms with E-state index in [1.54, 1.807) is 35.3 Å². The number of rotatable bonds is 7. The Kier molecular flexibility index (Phi) is 6.50. The lowest BCUT2D eigenvalue weighted by Gasteiger charge is -2.14. The number of hydrogen-bond acceptors (Lipinski definition) is 7. The Balaban J connectivity index is 1.41. The van der Waals surface area contributed by atoms with Crippen molar-refractivity contribution in [2.45, 2.75) is 46.6 Å². The summed E-state index contributed by atoms with van der Waals surface area (Å²) >= 11 is 0. The van der Waals surface area contributed by atoms with E-state index in [1.165, 1.54) is 17.9 Å². The lowest BCUT2D eigenvalue weighted by molar-refractivity contribution is -0.153. The number of aromatic nitrogens is 6. The van der Waals surface area contributed by atoms with Crippen molar-refractivity contribution in [2.75, 3.05) is 5.32 Å². The molecule has 0 fully saturated rings. The Morgan fingerprint density at radius 2 is 1.83 bits per heavy atom. The van der Waals surface area contributed by atoms with Gasteiger partial charge < -0.3 is 10.1 Å².